The third-order valence-electron chi connectivity index (χ3n) is 6.67. The monoisotopic (exact) mass is 479 g/mol. The van der Waals surface area contributed by atoms with E-state index in [1.165, 1.54) is 0 Å². The fourth-order valence-corrected chi connectivity index (χ4v) is 5.15. The van der Waals surface area contributed by atoms with E-state index in [9.17, 15) is 4.79 Å². The van der Waals surface area contributed by atoms with Gasteiger partial charge in [0.2, 0.25) is 0 Å². The Kier molecular flexibility index (Phi) is 4.90. The number of nitrogens with two attached hydrogens (primary N) is 1. The maximum Gasteiger partial charge on any atom is 0.251 e. The zero-order valence-electron chi connectivity index (χ0n) is 19.3. The molecule has 0 spiro atoms. The molecule has 6 aromatic rings. The zero-order chi connectivity index (χ0) is 24.3. The third-order valence-corrected chi connectivity index (χ3v) is 7.00. The molecule has 35 heavy (non-hydrogen) atoms. The van der Waals surface area contributed by atoms with Crippen molar-refractivity contribution >= 4 is 56.0 Å². The van der Waals surface area contributed by atoms with Crippen molar-refractivity contribution < 1.29 is 9.21 Å². The quantitative estimate of drug-likeness (QED) is 0.266. The SMILES string of the molecule is Cc1cc(N)nc(C)c1CNC(=O)c1ccc2c(c1)c1oc2c2ccc(-c3ccccc3Cl)cc21. The van der Waals surface area contributed by atoms with Gasteiger partial charge in [0.05, 0.1) is 0 Å². The highest BCUT2D eigenvalue weighted by atomic mass is 35.5. The second-order valence-electron chi connectivity index (χ2n) is 8.87. The van der Waals surface area contributed by atoms with Gasteiger partial charge < -0.3 is 15.5 Å². The van der Waals surface area contributed by atoms with Crippen LogP contribution >= 0.6 is 11.6 Å². The number of nitrogens with zero attached hydrogens (tertiary/aromatic N) is 1. The number of amides is 1. The Morgan fingerprint density at radius 3 is 2.43 bits per heavy atom. The van der Waals surface area contributed by atoms with E-state index in [0.29, 0.717) is 22.9 Å². The number of benzene rings is 4. The minimum absolute atomic E-state index is 0.151. The molecule has 3 aromatic heterocycles. The smallest absolute Gasteiger partial charge is 0.251 e. The van der Waals surface area contributed by atoms with Gasteiger partial charge in [-0.2, -0.15) is 0 Å². The van der Waals surface area contributed by atoms with Crippen LogP contribution in [0, 0.1) is 13.8 Å². The standard InChI is InChI=1S/C29H22ClN3O2/c1-15-11-26(31)33-16(2)24(15)14-32-29(34)18-8-10-21-23(13-18)28-22-12-17(7-9-20(22)27(21)35-28)19-5-3-4-6-25(19)30/h3-13H,14H2,1-2H3,(H2,31,33)(H,32,34). The van der Waals surface area contributed by atoms with Crippen LogP contribution in [-0.2, 0) is 6.54 Å². The summed E-state index contributed by atoms with van der Waals surface area (Å²) < 4.78 is 6.19. The summed E-state index contributed by atoms with van der Waals surface area (Å²) in [6, 6.07) is 21.6. The largest absolute Gasteiger partial charge is 0.455 e. The van der Waals surface area contributed by atoms with Gasteiger partial charge in [-0.3, -0.25) is 4.79 Å². The second kappa shape index (κ2) is 8.00. The number of hydrogen-bond donors (Lipinski definition) is 2. The summed E-state index contributed by atoms with van der Waals surface area (Å²) in [5.41, 5.74) is 12.8. The summed E-state index contributed by atoms with van der Waals surface area (Å²) in [5, 5.41) is 7.73. The molecule has 0 atom stereocenters. The van der Waals surface area contributed by atoms with Crippen molar-refractivity contribution in [3.63, 3.8) is 0 Å². The summed E-state index contributed by atoms with van der Waals surface area (Å²) in [4.78, 5) is 17.3. The van der Waals surface area contributed by atoms with E-state index >= 15 is 0 Å². The number of anilines is 1. The van der Waals surface area contributed by atoms with Gasteiger partial charge in [0, 0.05) is 49.9 Å². The van der Waals surface area contributed by atoms with Gasteiger partial charge in [-0.25, -0.2) is 4.98 Å². The molecule has 0 aliphatic heterocycles. The number of carbonyl (C=O) groups is 1. The van der Waals surface area contributed by atoms with Gasteiger partial charge in [-0.05, 0) is 73.0 Å². The second-order valence-corrected chi connectivity index (χ2v) is 9.28. The van der Waals surface area contributed by atoms with Gasteiger partial charge in [0.25, 0.3) is 5.91 Å². The van der Waals surface area contributed by atoms with Crippen molar-refractivity contribution in [2.75, 3.05) is 5.73 Å². The Morgan fingerprint density at radius 1 is 0.943 bits per heavy atom. The van der Waals surface area contributed by atoms with Crippen molar-refractivity contribution in [1.29, 1.82) is 0 Å². The Labute approximate surface area is 206 Å². The number of rotatable bonds is 4. The van der Waals surface area contributed by atoms with Crippen LogP contribution < -0.4 is 11.1 Å². The Hall–Kier alpha value is -4.09. The first kappa shape index (κ1) is 21.4. The maximum absolute atomic E-state index is 13.0. The number of hydrogen-bond acceptors (Lipinski definition) is 4. The molecule has 3 aromatic carbocycles. The van der Waals surface area contributed by atoms with Crippen LogP contribution in [0.3, 0.4) is 0 Å². The first-order valence-electron chi connectivity index (χ1n) is 11.4. The molecule has 3 heterocycles. The third kappa shape index (κ3) is 3.47. The highest BCUT2D eigenvalue weighted by Crippen LogP contribution is 2.42. The molecular formula is C29H22ClN3O2. The van der Waals surface area contributed by atoms with E-state index in [1.54, 1.807) is 0 Å². The molecular weight excluding hydrogens is 458 g/mol. The lowest BCUT2D eigenvalue weighted by atomic mass is 9.97. The van der Waals surface area contributed by atoms with Crippen LogP contribution in [0.4, 0.5) is 5.82 Å². The van der Waals surface area contributed by atoms with Gasteiger partial charge >= 0.3 is 0 Å². The van der Waals surface area contributed by atoms with Crippen molar-refractivity contribution in [2.45, 2.75) is 20.4 Å². The molecule has 0 fully saturated rings. The molecule has 0 radical (unpaired) electrons. The number of halogens is 1. The predicted molar refractivity (Wildman–Crippen MR) is 142 cm³/mol. The molecule has 0 saturated carbocycles. The van der Waals surface area contributed by atoms with Gasteiger partial charge in [-0.15, -0.1) is 0 Å². The van der Waals surface area contributed by atoms with E-state index in [-0.39, 0.29) is 5.91 Å². The van der Waals surface area contributed by atoms with Crippen LogP contribution in [-0.4, -0.2) is 10.9 Å². The van der Waals surface area contributed by atoms with Gasteiger partial charge in [-0.1, -0.05) is 35.9 Å². The van der Waals surface area contributed by atoms with Crippen molar-refractivity contribution in [2.24, 2.45) is 0 Å². The molecule has 0 aliphatic rings. The molecule has 5 nitrogen and oxygen atoms in total. The molecule has 6 rings (SSSR count). The topological polar surface area (TPSA) is 81.1 Å². The lowest BCUT2D eigenvalue weighted by Crippen LogP contribution is -2.24. The van der Waals surface area contributed by atoms with E-state index < -0.39 is 0 Å². The molecule has 0 unspecified atom stereocenters. The van der Waals surface area contributed by atoms with Crippen molar-refractivity contribution in [1.82, 2.24) is 10.3 Å². The molecule has 6 heteroatoms. The highest BCUT2D eigenvalue weighted by molar-refractivity contribution is 6.33. The first-order chi connectivity index (χ1) is 16.9. The van der Waals surface area contributed by atoms with Crippen LogP contribution in [0.2, 0.25) is 5.02 Å². The number of furan rings is 2. The summed E-state index contributed by atoms with van der Waals surface area (Å²) in [6.45, 7) is 4.25. The fraction of sp³-hybridized carbons (Fsp3) is 0.103. The zero-order valence-corrected chi connectivity index (χ0v) is 20.0. The summed E-state index contributed by atoms with van der Waals surface area (Å²) in [5.74, 6) is 0.332. The van der Waals surface area contributed by atoms with Crippen molar-refractivity contribution in [3.8, 4) is 11.1 Å². The average molecular weight is 480 g/mol. The summed E-state index contributed by atoms with van der Waals surface area (Å²) in [7, 11) is 0. The number of nitrogens with one attached hydrogen (secondary N) is 1. The lowest BCUT2D eigenvalue weighted by molar-refractivity contribution is 0.0951. The summed E-state index contributed by atoms with van der Waals surface area (Å²) >= 11 is 6.43. The highest BCUT2D eigenvalue weighted by Gasteiger charge is 2.20. The number of carbonyl (C=O) groups excluding carboxylic acids is 1. The fourth-order valence-electron chi connectivity index (χ4n) is 4.90. The van der Waals surface area contributed by atoms with Crippen LogP contribution in [0.25, 0.3) is 43.8 Å². The normalized spacial score (nSPS) is 11.6. The number of aryl methyl sites for hydroxylation is 2. The van der Waals surface area contributed by atoms with Crippen molar-refractivity contribution in [3.05, 3.63) is 94.1 Å². The van der Waals surface area contributed by atoms with E-state index in [0.717, 1.165) is 60.7 Å². The van der Waals surface area contributed by atoms with Crippen LogP contribution in [0.15, 0.2) is 71.1 Å². The molecule has 0 aliphatic carbocycles. The molecule has 172 valence electrons. The Balaban J connectivity index is 1.36. The van der Waals surface area contributed by atoms with E-state index in [2.05, 4.69) is 28.5 Å². The van der Waals surface area contributed by atoms with E-state index in [1.807, 2.05) is 62.4 Å². The number of nitrogen functional groups attached to an aromatic ring is 1. The minimum Gasteiger partial charge on any atom is -0.455 e. The molecule has 0 saturated heterocycles. The van der Waals surface area contributed by atoms with Crippen LogP contribution in [0.5, 0.6) is 0 Å². The minimum atomic E-state index is -0.151. The number of aromatic nitrogens is 1. The lowest BCUT2D eigenvalue weighted by Gasteiger charge is -2.11. The average Bonchev–Trinajstić information content (AvgIpc) is 3.40. The van der Waals surface area contributed by atoms with Crippen LogP contribution in [0.1, 0.15) is 27.2 Å². The summed E-state index contributed by atoms with van der Waals surface area (Å²) in [6.07, 6.45) is 0. The first-order valence-corrected chi connectivity index (χ1v) is 11.8. The number of pyridine rings is 1. The van der Waals surface area contributed by atoms with Gasteiger partial charge in [0.1, 0.15) is 17.0 Å². The van der Waals surface area contributed by atoms with E-state index in [4.69, 9.17) is 21.8 Å². The Morgan fingerprint density at radius 2 is 1.66 bits per heavy atom. The number of fused-ring (bicyclic) bond motifs is 8. The van der Waals surface area contributed by atoms with Gasteiger partial charge in [0.15, 0.2) is 0 Å². The maximum atomic E-state index is 13.0. The Bertz CT molecular complexity index is 1750. The molecule has 1 amide bonds. The molecule has 2 bridgehead atoms. The molecule has 3 N–H and O–H groups in total. The predicted octanol–water partition coefficient (Wildman–Crippen LogP) is 7.02.